The van der Waals surface area contributed by atoms with Crippen molar-refractivity contribution in [3.05, 3.63) is 78.6 Å². The van der Waals surface area contributed by atoms with Crippen LogP contribution in [0.5, 0.6) is 0 Å². The fourth-order valence-electron chi connectivity index (χ4n) is 3.62. The van der Waals surface area contributed by atoms with Gasteiger partial charge in [-0.1, -0.05) is 60.7 Å². The number of benzene rings is 2. The molecule has 5 nitrogen and oxygen atoms in total. The van der Waals surface area contributed by atoms with Gasteiger partial charge in [-0.15, -0.1) is 0 Å². The predicted molar refractivity (Wildman–Crippen MR) is 111 cm³/mol. The number of hydrogen-bond donors (Lipinski definition) is 1. The van der Waals surface area contributed by atoms with Gasteiger partial charge in [0.25, 0.3) is 0 Å². The first-order valence-electron chi connectivity index (χ1n) is 9.73. The van der Waals surface area contributed by atoms with E-state index in [1.54, 1.807) is 6.33 Å². The summed E-state index contributed by atoms with van der Waals surface area (Å²) in [5.41, 5.74) is 3.09. The summed E-state index contributed by atoms with van der Waals surface area (Å²) in [5.74, 6) is 0.980. The first kappa shape index (κ1) is 18.2. The number of rotatable bonds is 5. The number of amides is 1. The monoisotopic (exact) mass is 372 g/mol. The van der Waals surface area contributed by atoms with Crippen molar-refractivity contribution in [3.63, 3.8) is 0 Å². The number of aromatic nitrogens is 2. The van der Waals surface area contributed by atoms with Gasteiger partial charge in [-0.3, -0.25) is 4.79 Å². The lowest BCUT2D eigenvalue weighted by atomic mass is 9.97. The zero-order chi connectivity index (χ0) is 19.2. The Bertz CT molecular complexity index is 914. The van der Waals surface area contributed by atoms with E-state index in [1.165, 1.54) is 0 Å². The molecule has 1 N–H and O–H groups in total. The first-order chi connectivity index (χ1) is 13.8. The molecule has 1 aliphatic rings. The highest BCUT2D eigenvalue weighted by Crippen LogP contribution is 2.25. The van der Waals surface area contributed by atoms with E-state index in [0.717, 1.165) is 42.0 Å². The van der Waals surface area contributed by atoms with E-state index in [2.05, 4.69) is 20.2 Å². The van der Waals surface area contributed by atoms with Crippen LogP contribution >= 0.6 is 0 Å². The average Bonchev–Trinajstić information content (AvgIpc) is 2.79. The highest BCUT2D eigenvalue weighted by atomic mass is 16.1. The van der Waals surface area contributed by atoms with E-state index in [4.69, 9.17) is 0 Å². The van der Waals surface area contributed by atoms with Gasteiger partial charge in [0.1, 0.15) is 12.1 Å². The van der Waals surface area contributed by atoms with E-state index < -0.39 is 0 Å². The first-order valence-corrected chi connectivity index (χ1v) is 9.73. The average molecular weight is 372 g/mol. The van der Waals surface area contributed by atoms with Gasteiger partial charge in [-0.05, 0) is 18.4 Å². The van der Waals surface area contributed by atoms with Gasteiger partial charge >= 0.3 is 0 Å². The fraction of sp³-hybridized carbons (Fsp3) is 0.261. The fourth-order valence-corrected chi connectivity index (χ4v) is 3.62. The number of nitrogens with one attached hydrogen (secondary N) is 1. The van der Waals surface area contributed by atoms with Crippen LogP contribution in [0.2, 0.25) is 0 Å². The van der Waals surface area contributed by atoms with Crippen LogP contribution in [0.25, 0.3) is 11.3 Å². The van der Waals surface area contributed by atoms with Crippen LogP contribution in [0.15, 0.2) is 73.1 Å². The van der Waals surface area contributed by atoms with Crippen LogP contribution in [-0.2, 0) is 11.3 Å². The number of hydrogen-bond acceptors (Lipinski definition) is 4. The van der Waals surface area contributed by atoms with Crippen molar-refractivity contribution >= 4 is 11.7 Å². The summed E-state index contributed by atoms with van der Waals surface area (Å²) in [6, 6.07) is 22.1. The molecule has 5 heteroatoms. The molecule has 3 aromatic rings. The predicted octanol–water partition coefficient (Wildman–Crippen LogP) is 3.68. The van der Waals surface area contributed by atoms with Crippen LogP contribution in [0.4, 0.5) is 5.82 Å². The quantitative estimate of drug-likeness (QED) is 0.742. The molecule has 2 aromatic carbocycles. The molecule has 28 heavy (non-hydrogen) atoms. The maximum Gasteiger partial charge on any atom is 0.225 e. The van der Waals surface area contributed by atoms with Crippen LogP contribution < -0.4 is 10.2 Å². The number of nitrogens with zero attached hydrogens (tertiary/aromatic N) is 3. The van der Waals surface area contributed by atoms with Gasteiger partial charge in [0.15, 0.2) is 0 Å². The molecule has 2 heterocycles. The van der Waals surface area contributed by atoms with Gasteiger partial charge in [0, 0.05) is 31.3 Å². The van der Waals surface area contributed by atoms with Gasteiger partial charge in [0.05, 0.1) is 11.6 Å². The van der Waals surface area contributed by atoms with E-state index in [1.807, 2.05) is 66.7 Å². The van der Waals surface area contributed by atoms with Crippen molar-refractivity contribution in [2.45, 2.75) is 19.4 Å². The van der Waals surface area contributed by atoms with Crippen molar-refractivity contribution < 1.29 is 4.79 Å². The Morgan fingerprint density at radius 1 is 1.04 bits per heavy atom. The summed E-state index contributed by atoms with van der Waals surface area (Å²) < 4.78 is 0. The minimum Gasteiger partial charge on any atom is -0.356 e. The number of anilines is 1. The molecule has 1 fully saturated rings. The Hall–Kier alpha value is -3.21. The minimum atomic E-state index is -0.0207. The zero-order valence-corrected chi connectivity index (χ0v) is 15.8. The Kier molecular flexibility index (Phi) is 5.61. The molecule has 142 valence electrons. The highest BCUT2D eigenvalue weighted by Gasteiger charge is 2.26. The molecule has 1 amide bonds. The summed E-state index contributed by atoms with van der Waals surface area (Å²) >= 11 is 0. The van der Waals surface area contributed by atoms with Crippen molar-refractivity contribution in [2.24, 2.45) is 5.92 Å². The zero-order valence-electron chi connectivity index (χ0n) is 15.8. The molecule has 0 bridgehead atoms. The highest BCUT2D eigenvalue weighted by molar-refractivity contribution is 5.79. The summed E-state index contributed by atoms with van der Waals surface area (Å²) in [5, 5.41) is 3.08. The second-order valence-electron chi connectivity index (χ2n) is 7.12. The van der Waals surface area contributed by atoms with Gasteiger partial charge < -0.3 is 10.2 Å². The van der Waals surface area contributed by atoms with Gasteiger partial charge in [-0.2, -0.15) is 0 Å². The summed E-state index contributed by atoms with van der Waals surface area (Å²) in [4.78, 5) is 23.7. The summed E-state index contributed by atoms with van der Waals surface area (Å²) in [6.07, 6.45) is 3.50. The van der Waals surface area contributed by atoms with E-state index in [0.29, 0.717) is 13.1 Å². The minimum absolute atomic E-state index is 0.0207. The molecule has 1 unspecified atom stereocenters. The van der Waals surface area contributed by atoms with Crippen molar-refractivity contribution in [1.29, 1.82) is 0 Å². The Labute approximate surface area is 165 Å². The lowest BCUT2D eigenvalue weighted by molar-refractivity contribution is -0.125. The van der Waals surface area contributed by atoms with Crippen LogP contribution in [0.3, 0.4) is 0 Å². The smallest absolute Gasteiger partial charge is 0.225 e. The third-order valence-corrected chi connectivity index (χ3v) is 5.15. The molecule has 1 aliphatic heterocycles. The SMILES string of the molecule is O=C(NCc1ccccc1)C1CCCN(c2cc(-c3ccccc3)ncn2)C1. The van der Waals surface area contributed by atoms with Crippen molar-refractivity contribution in [3.8, 4) is 11.3 Å². The molecular weight excluding hydrogens is 348 g/mol. The molecule has 1 aromatic heterocycles. The summed E-state index contributed by atoms with van der Waals surface area (Å²) in [6.45, 7) is 2.17. The van der Waals surface area contributed by atoms with Gasteiger partial charge in [0.2, 0.25) is 5.91 Å². The lowest BCUT2D eigenvalue weighted by Gasteiger charge is -2.33. The largest absolute Gasteiger partial charge is 0.356 e. The number of carbonyl (C=O) groups excluding carboxylic acids is 1. The Morgan fingerprint density at radius 3 is 2.57 bits per heavy atom. The molecule has 0 spiro atoms. The standard InChI is InChI=1S/C23H24N4O/c28-23(24-15-18-8-3-1-4-9-18)20-12-7-13-27(16-20)22-14-21(25-17-26-22)19-10-5-2-6-11-19/h1-6,8-11,14,17,20H,7,12-13,15-16H2,(H,24,28). The molecule has 1 atom stereocenters. The molecule has 0 radical (unpaired) electrons. The molecule has 1 saturated heterocycles. The van der Waals surface area contributed by atoms with Crippen LogP contribution in [-0.4, -0.2) is 29.0 Å². The molecule has 0 aliphatic carbocycles. The second-order valence-corrected chi connectivity index (χ2v) is 7.12. The van der Waals surface area contributed by atoms with Crippen LogP contribution in [0, 0.1) is 5.92 Å². The van der Waals surface area contributed by atoms with E-state index in [-0.39, 0.29) is 11.8 Å². The number of carbonyl (C=O) groups is 1. The second kappa shape index (κ2) is 8.65. The van der Waals surface area contributed by atoms with Gasteiger partial charge in [-0.25, -0.2) is 9.97 Å². The Balaban J connectivity index is 1.42. The molecular formula is C23H24N4O. The number of piperidine rings is 1. The lowest BCUT2D eigenvalue weighted by Crippen LogP contribution is -2.43. The summed E-state index contributed by atoms with van der Waals surface area (Å²) in [7, 11) is 0. The molecule has 0 saturated carbocycles. The van der Waals surface area contributed by atoms with Crippen molar-refractivity contribution in [2.75, 3.05) is 18.0 Å². The van der Waals surface area contributed by atoms with Crippen LogP contribution in [0.1, 0.15) is 18.4 Å². The van der Waals surface area contributed by atoms with E-state index in [9.17, 15) is 4.79 Å². The molecule has 4 rings (SSSR count). The van der Waals surface area contributed by atoms with Crippen molar-refractivity contribution in [1.82, 2.24) is 15.3 Å². The third-order valence-electron chi connectivity index (χ3n) is 5.15. The topological polar surface area (TPSA) is 58.1 Å². The van der Waals surface area contributed by atoms with E-state index >= 15 is 0 Å². The third kappa shape index (κ3) is 4.36. The maximum absolute atomic E-state index is 12.7. The Morgan fingerprint density at radius 2 is 1.79 bits per heavy atom. The maximum atomic E-state index is 12.7. The normalized spacial score (nSPS) is 16.6.